The van der Waals surface area contributed by atoms with Gasteiger partial charge in [-0.3, -0.25) is 0 Å². The molecule has 0 radical (unpaired) electrons. The fourth-order valence-corrected chi connectivity index (χ4v) is 2.12. The highest BCUT2D eigenvalue weighted by atomic mass is 19.4. The smallest absolute Gasteiger partial charge is 0.388 e. The largest absolute Gasteiger partial charge is 0.433 e. The van der Waals surface area contributed by atoms with E-state index in [-0.39, 0.29) is 12.0 Å². The van der Waals surface area contributed by atoms with Gasteiger partial charge in [-0.1, -0.05) is 0 Å². The summed E-state index contributed by atoms with van der Waals surface area (Å²) in [5.74, 6) is -0.0187. The average molecular weight is 261 g/mol. The molecule has 0 aliphatic heterocycles. The third kappa shape index (κ3) is 2.27. The summed E-state index contributed by atoms with van der Waals surface area (Å²) in [6.07, 6.45) is -2.07. The molecule has 0 aromatic carbocycles. The molecule has 0 unspecified atom stereocenters. The molecule has 1 aromatic heterocycles. The number of likely N-dealkylation sites (N-methyl/N-ethyl adjacent to an activating group) is 1. The second kappa shape index (κ2) is 4.08. The van der Waals surface area contributed by atoms with E-state index in [0.717, 1.165) is 12.3 Å². The van der Waals surface area contributed by atoms with Crippen LogP contribution in [-0.2, 0) is 6.18 Å². The van der Waals surface area contributed by atoms with Crippen LogP contribution < -0.4 is 4.90 Å². The zero-order valence-electron chi connectivity index (χ0n) is 10.1. The Morgan fingerprint density at radius 1 is 1.50 bits per heavy atom. The predicted molar refractivity (Wildman–Crippen MR) is 59.1 cm³/mol. The van der Waals surface area contributed by atoms with Crippen LogP contribution in [0.3, 0.4) is 0 Å². The Labute approximate surface area is 102 Å². The van der Waals surface area contributed by atoms with Gasteiger partial charge >= 0.3 is 6.18 Å². The minimum atomic E-state index is -4.49. The molecule has 1 heterocycles. The Bertz CT molecular complexity index is 447. The number of rotatable bonds is 2. The number of hydrogen-bond donors (Lipinski definition) is 1. The summed E-state index contributed by atoms with van der Waals surface area (Å²) in [4.78, 5) is 8.81. The Morgan fingerprint density at radius 2 is 2.17 bits per heavy atom. The van der Waals surface area contributed by atoms with Crippen LogP contribution in [0.5, 0.6) is 0 Å². The normalized spacial score (nSPS) is 27.8. The zero-order chi connectivity index (χ0) is 13.6. The van der Waals surface area contributed by atoms with Gasteiger partial charge in [0.25, 0.3) is 0 Å². The summed E-state index contributed by atoms with van der Waals surface area (Å²) >= 11 is 0. The molecule has 1 N–H and O–H groups in total. The van der Waals surface area contributed by atoms with Gasteiger partial charge < -0.3 is 10.0 Å². The van der Waals surface area contributed by atoms with E-state index < -0.39 is 17.5 Å². The van der Waals surface area contributed by atoms with Crippen molar-refractivity contribution in [1.82, 2.24) is 9.97 Å². The lowest BCUT2D eigenvalue weighted by Gasteiger charge is -2.47. The third-order valence-electron chi connectivity index (χ3n) is 3.36. The van der Waals surface area contributed by atoms with Gasteiger partial charge in [-0.05, 0) is 25.8 Å². The molecular formula is C11H14F3N3O. The number of anilines is 1. The Hall–Kier alpha value is -1.37. The van der Waals surface area contributed by atoms with Crippen LogP contribution in [0, 0.1) is 0 Å². The lowest BCUT2D eigenvalue weighted by atomic mass is 9.75. The van der Waals surface area contributed by atoms with Crippen molar-refractivity contribution in [2.24, 2.45) is 0 Å². The van der Waals surface area contributed by atoms with Gasteiger partial charge in [0.1, 0.15) is 5.69 Å². The molecule has 7 heteroatoms. The van der Waals surface area contributed by atoms with Gasteiger partial charge in [0.15, 0.2) is 0 Å². The fraction of sp³-hybridized carbons (Fsp3) is 0.636. The van der Waals surface area contributed by atoms with Crippen molar-refractivity contribution in [2.45, 2.75) is 37.6 Å². The number of aliphatic hydroxyl groups is 1. The molecule has 0 saturated heterocycles. The molecule has 1 aliphatic carbocycles. The summed E-state index contributed by atoms with van der Waals surface area (Å²) in [5, 5.41) is 9.91. The number of aromatic nitrogens is 2. The van der Waals surface area contributed by atoms with Crippen LogP contribution in [0.15, 0.2) is 12.3 Å². The van der Waals surface area contributed by atoms with Gasteiger partial charge in [-0.15, -0.1) is 0 Å². The molecule has 18 heavy (non-hydrogen) atoms. The van der Waals surface area contributed by atoms with E-state index in [9.17, 15) is 18.3 Å². The Kier molecular flexibility index (Phi) is 2.96. The van der Waals surface area contributed by atoms with E-state index >= 15 is 0 Å². The van der Waals surface area contributed by atoms with Gasteiger partial charge in [0.05, 0.1) is 11.6 Å². The molecule has 2 atom stereocenters. The van der Waals surface area contributed by atoms with E-state index in [1.165, 1.54) is 4.90 Å². The third-order valence-corrected chi connectivity index (χ3v) is 3.36. The van der Waals surface area contributed by atoms with Gasteiger partial charge in [0, 0.05) is 13.2 Å². The summed E-state index contributed by atoms with van der Waals surface area (Å²) in [6, 6.07) is 0.581. The summed E-state index contributed by atoms with van der Waals surface area (Å²) < 4.78 is 37.6. The topological polar surface area (TPSA) is 49.2 Å². The highest BCUT2D eigenvalue weighted by molar-refractivity contribution is 5.34. The average Bonchev–Trinajstić information content (AvgIpc) is 2.27. The first-order valence-electron chi connectivity index (χ1n) is 5.57. The van der Waals surface area contributed by atoms with Crippen LogP contribution >= 0.6 is 0 Å². The van der Waals surface area contributed by atoms with E-state index in [1.54, 1.807) is 14.0 Å². The van der Waals surface area contributed by atoms with Gasteiger partial charge in [0.2, 0.25) is 5.95 Å². The van der Waals surface area contributed by atoms with Crippen molar-refractivity contribution in [3.63, 3.8) is 0 Å². The SMILES string of the molecule is CN(c1nccc(C(F)(F)F)n1)[C@@H]1CC[C@@]1(C)O. The van der Waals surface area contributed by atoms with E-state index in [0.29, 0.717) is 12.8 Å². The first kappa shape index (κ1) is 13.1. The maximum atomic E-state index is 12.5. The molecule has 2 rings (SSSR count). The molecule has 0 spiro atoms. The molecule has 1 saturated carbocycles. The van der Waals surface area contributed by atoms with Crippen molar-refractivity contribution in [2.75, 3.05) is 11.9 Å². The molecular weight excluding hydrogens is 247 g/mol. The van der Waals surface area contributed by atoms with Crippen LogP contribution in [0.1, 0.15) is 25.5 Å². The van der Waals surface area contributed by atoms with Crippen molar-refractivity contribution < 1.29 is 18.3 Å². The van der Waals surface area contributed by atoms with E-state index in [4.69, 9.17) is 0 Å². The Morgan fingerprint density at radius 3 is 2.61 bits per heavy atom. The summed E-state index contributed by atoms with van der Waals surface area (Å²) in [5.41, 5.74) is -1.87. The highest BCUT2D eigenvalue weighted by Crippen LogP contribution is 2.37. The van der Waals surface area contributed by atoms with Crippen molar-refractivity contribution in [3.8, 4) is 0 Å². The first-order valence-corrected chi connectivity index (χ1v) is 5.57. The minimum Gasteiger partial charge on any atom is -0.388 e. The first-order chi connectivity index (χ1) is 8.22. The number of nitrogens with zero attached hydrogens (tertiary/aromatic N) is 3. The predicted octanol–water partition coefficient (Wildman–Crippen LogP) is 1.84. The molecule has 0 amide bonds. The molecule has 1 aliphatic rings. The standard InChI is InChI=1S/C11H14F3N3O/c1-10(18)5-3-8(10)17(2)9-15-6-4-7(16-9)11(12,13)14/h4,6,8,18H,3,5H2,1-2H3/t8-,10-/m1/s1. The fourth-order valence-electron chi connectivity index (χ4n) is 2.12. The van der Waals surface area contributed by atoms with Crippen molar-refractivity contribution >= 4 is 5.95 Å². The van der Waals surface area contributed by atoms with Gasteiger partial charge in [-0.25, -0.2) is 9.97 Å². The van der Waals surface area contributed by atoms with E-state index in [1.807, 2.05) is 0 Å². The quantitative estimate of drug-likeness (QED) is 0.882. The molecule has 100 valence electrons. The lowest BCUT2D eigenvalue weighted by molar-refractivity contribution is -0.141. The molecule has 1 fully saturated rings. The lowest BCUT2D eigenvalue weighted by Crippen LogP contribution is -2.58. The maximum Gasteiger partial charge on any atom is 0.433 e. The van der Waals surface area contributed by atoms with E-state index in [2.05, 4.69) is 9.97 Å². The number of hydrogen-bond acceptors (Lipinski definition) is 4. The van der Waals surface area contributed by atoms with Crippen LogP contribution in [-0.4, -0.2) is 33.8 Å². The summed E-state index contributed by atoms with van der Waals surface area (Å²) in [7, 11) is 1.59. The van der Waals surface area contributed by atoms with Crippen LogP contribution in [0.25, 0.3) is 0 Å². The Balaban J connectivity index is 2.24. The second-order valence-electron chi connectivity index (χ2n) is 4.76. The number of alkyl halides is 3. The molecule has 4 nitrogen and oxygen atoms in total. The van der Waals surface area contributed by atoms with Crippen LogP contribution in [0.2, 0.25) is 0 Å². The number of halogens is 3. The highest BCUT2D eigenvalue weighted by Gasteiger charge is 2.44. The molecule has 0 bridgehead atoms. The molecule has 1 aromatic rings. The summed E-state index contributed by atoms with van der Waals surface area (Å²) in [6.45, 7) is 1.66. The van der Waals surface area contributed by atoms with Crippen molar-refractivity contribution in [3.05, 3.63) is 18.0 Å². The second-order valence-corrected chi connectivity index (χ2v) is 4.76. The monoisotopic (exact) mass is 261 g/mol. The zero-order valence-corrected chi connectivity index (χ0v) is 10.1. The van der Waals surface area contributed by atoms with Crippen LogP contribution in [0.4, 0.5) is 19.1 Å². The van der Waals surface area contributed by atoms with Gasteiger partial charge in [-0.2, -0.15) is 13.2 Å². The van der Waals surface area contributed by atoms with Crippen molar-refractivity contribution in [1.29, 1.82) is 0 Å². The minimum absolute atomic E-state index is 0.0187. The maximum absolute atomic E-state index is 12.5.